The van der Waals surface area contributed by atoms with Crippen molar-refractivity contribution in [2.45, 2.75) is 52.6 Å². The average molecular weight is 445 g/mol. The van der Waals surface area contributed by atoms with Crippen LogP contribution in [0.3, 0.4) is 0 Å². The summed E-state index contributed by atoms with van der Waals surface area (Å²) in [4.78, 5) is 27.5. The Bertz CT molecular complexity index is 807. The van der Waals surface area contributed by atoms with Gasteiger partial charge in [-0.1, -0.05) is 65.7 Å². The Labute approximate surface area is 176 Å². The van der Waals surface area contributed by atoms with E-state index in [9.17, 15) is 9.59 Å². The maximum Gasteiger partial charge on any atom is 0.242 e. The monoisotopic (exact) mass is 444 g/mol. The molecule has 5 heteroatoms. The van der Waals surface area contributed by atoms with Crippen molar-refractivity contribution in [2.24, 2.45) is 0 Å². The number of hydrogen-bond acceptors (Lipinski definition) is 2. The van der Waals surface area contributed by atoms with Crippen LogP contribution in [0.25, 0.3) is 0 Å². The van der Waals surface area contributed by atoms with E-state index in [1.807, 2.05) is 55.5 Å². The summed E-state index contributed by atoms with van der Waals surface area (Å²) in [5.74, 6) is -0.158. The van der Waals surface area contributed by atoms with Gasteiger partial charge in [0.25, 0.3) is 0 Å². The molecule has 150 valence electrons. The van der Waals surface area contributed by atoms with Crippen LogP contribution in [0.15, 0.2) is 53.0 Å². The lowest BCUT2D eigenvalue weighted by molar-refractivity contribution is -0.140. The van der Waals surface area contributed by atoms with Gasteiger partial charge in [-0.25, -0.2) is 0 Å². The normalized spacial score (nSPS) is 11.7. The highest BCUT2D eigenvalue weighted by molar-refractivity contribution is 9.10. The number of nitrogens with one attached hydrogen (secondary N) is 1. The van der Waals surface area contributed by atoms with Crippen LogP contribution in [0.4, 0.5) is 0 Å². The molecule has 4 nitrogen and oxygen atoms in total. The molecular weight excluding hydrogens is 416 g/mol. The highest BCUT2D eigenvalue weighted by atomic mass is 79.9. The molecule has 28 heavy (non-hydrogen) atoms. The summed E-state index contributed by atoms with van der Waals surface area (Å²) in [5, 5.41) is 2.95. The molecule has 0 saturated carbocycles. The quantitative estimate of drug-likeness (QED) is 0.572. The van der Waals surface area contributed by atoms with Crippen molar-refractivity contribution in [1.29, 1.82) is 0 Å². The molecule has 2 rings (SSSR count). The minimum Gasteiger partial charge on any atom is -0.354 e. The minimum absolute atomic E-state index is 0.0487. The van der Waals surface area contributed by atoms with Gasteiger partial charge in [0, 0.05) is 17.6 Å². The zero-order chi connectivity index (χ0) is 20.5. The molecule has 0 aromatic heterocycles. The van der Waals surface area contributed by atoms with E-state index >= 15 is 0 Å². The summed E-state index contributed by atoms with van der Waals surface area (Å²) in [6.45, 7) is 6.92. The lowest BCUT2D eigenvalue weighted by Crippen LogP contribution is -2.48. The fourth-order valence-electron chi connectivity index (χ4n) is 3.02. The van der Waals surface area contributed by atoms with E-state index < -0.39 is 6.04 Å². The lowest BCUT2D eigenvalue weighted by Gasteiger charge is -2.29. The summed E-state index contributed by atoms with van der Waals surface area (Å²) in [7, 11) is 0. The molecule has 1 atom stereocenters. The zero-order valence-electron chi connectivity index (χ0n) is 16.9. The first-order chi connectivity index (χ1) is 13.4. The van der Waals surface area contributed by atoms with Gasteiger partial charge < -0.3 is 10.2 Å². The van der Waals surface area contributed by atoms with Gasteiger partial charge in [-0.2, -0.15) is 0 Å². The van der Waals surface area contributed by atoms with Crippen molar-refractivity contribution in [1.82, 2.24) is 10.2 Å². The number of amides is 2. The van der Waals surface area contributed by atoms with Gasteiger partial charge in [-0.3, -0.25) is 9.59 Å². The summed E-state index contributed by atoms with van der Waals surface area (Å²) < 4.78 is 0.955. The van der Waals surface area contributed by atoms with Crippen LogP contribution in [-0.4, -0.2) is 29.3 Å². The molecule has 0 aliphatic rings. The lowest BCUT2D eigenvalue weighted by atomic mass is 10.0. The second-order valence-electron chi connectivity index (χ2n) is 7.08. The highest BCUT2D eigenvalue weighted by Gasteiger charge is 2.26. The Balaban J connectivity index is 2.20. The van der Waals surface area contributed by atoms with E-state index in [4.69, 9.17) is 0 Å². The van der Waals surface area contributed by atoms with Gasteiger partial charge in [-0.05, 0) is 49.1 Å². The van der Waals surface area contributed by atoms with Crippen molar-refractivity contribution >= 4 is 27.7 Å². The second-order valence-corrected chi connectivity index (χ2v) is 7.99. The Morgan fingerprint density at radius 3 is 2.57 bits per heavy atom. The minimum atomic E-state index is -0.535. The number of hydrogen-bond donors (Lipinski definition) is 1. The van der Waals surface area contributed by atoms with Gasteiger partial charge in [0.1, 0.15) is 6.04 Å². The summed E-state index contributed by atoms with van der Waals surface area (Å²) >= 11 is 3.48. The maximum absolute atomic E-state index is 13.2. The largest absolute Gasteiger partial charge is 0.354 e. The van der Waals surface area contributed by atoms with Gasteiger partial charge in [0.05, 0.1) is 6.42 Å². The SMILES string of the molecule is CCCCNC(=O)[C@H](C)N(Cc1cccc(Br)c1)C(=O)Cc1ccccc1C. The third-order valence-electron chi connectivity index (χ3n) is 4.84. The summed E-state index contributed by atoms with van der Waals surface area (Å²) in [5.41, 5.74) is 3.06. The molecule has 0 aliphatic carbocycles. The van der Waals surface area contributed by atoms with Crippen molar-refractivity contribution in [3.63, 3.8) is 0 Å². The number of carbonyl (C=O) groups is 2. The number of nitrogens with zero attached hydrogens (tertiary/aromatic N) is 1. The molecule has 0 radical (unpaired) electrons. The molecule has 1 N–H and O–H groups in total. The van der Waals surface area contributed by atoms with Gasteiger partial charge in [0.2, 0.25) is 11.8 Å². The number of rotatable bonds is 9. The molecule has 0 fully saturated rings. The number of benzene rings is 2. The van der Waals surface area contributed by atoms with Gasteiger partial charge >= 0.3 is 0 Å². The molecule has 0 aliphatic heterocycles. The number of aryl methyl sites for hydroxylation is 1. The Morgan fingerprint density at radius 1 is 1.14 bits per heavy atom. The standard InChI is InChI=1S/C23H29BrN2O2/c1-4-5-13-25-23(28)18(3)26(16-19-10-8-12-21(24)14-19)22(27)15-20-11-7-6-9-17(20)2/h6-12,14,18H,4-5,13,15-16H2,1-3H3,(H,25,28)/t18-/m0/s1. The van der Waals surface area contributed by atoms with E-state index in [-0.39, 0.29) is 18.2 Å². The average Bonchev–Trinajstić information content (AvgIpc) is 2.67. The van der Waals surface area contributed by atoms with Crippen molar-refractivity contribution in [3.8, 4) is 0 Å². The van der Waals surface area contributed by atoms with E-state index in [0.717, 1.165) is 34.0 Å². The first kappa shape index (κ1) is 22.2. The Hall–Kier alpha value is -2.14. The van der Waals surface area contributed by atoms with Crippen LogP contribution >= 0.6 is 15.9 Å². The third kappa shape index (κ3) is 6.48. The zero-order valence-corrected chi connectivity index (χ0v) is 18.5. The second kappa shape index (κ2) is 11.0. The smallest absolute Gasteiger partial charge is 0.242 e. The van der Waals surface area contributed by atoms with Crippen molar-refractivity contribution < 1.29 is 9.59 Å². The maximum atomic E-state index is 13.2. The predicted octanol–water partition coefficient (Wildman–Crippen LogP) is 4.63. The molecule has 0 heterocycles. The Kier molecular flexibility index (Phi) is 8.71. The van der Waals surface area contributed by atoms with E-state index in [1.54, 1.807) is 11.8 Å². The van der Waals surface area contributed by atoms with E-state index in [2.05, 4.69) is 28.2 Å². The van der Waals surface area contributed by atoms with Gasteiger partial charge in [-0.15, -0.1) is 0 Å². The number of unbranched alkanes of at least 4 members (excludes halogenated alkanes) is 1. The highest BCUT2D eigenvalue weighted by Crippen LogP contribution is 2.17. The summed E-state index contributed by atoms with van der Waals surface area (Å²) in [6.07, 6.45) is 2.23. The van der Waals surface area contributed by atoms with E-state index in [0.29, 0.717) is 13.1 Å². The molecule has 0 spiro atoms. The molecule has 0 unspecified atom stereocenters. The number of halogens is 1. The third-order valence-corrected chi connectivity index (χ3v) is 5.33. The molecule has 2 amide bonds. The van der Waals surface area contributed by atoms with Crippen molar-refractivity contribution in [3.05, 3.63) is 69.7 Å². The first-order valence-electron chi connectivity index (χ1n) is 9.78. The molecular formula is C23H29BrN2O2. The van der Waals surface area contributed by atoms with Crippen LogP contribution < -0.4 is 5.32 Å². The van der Waals surface area contributed by atoms with Crippen LogP contribution in [-0.2, 0) is 22.6 Å². The number of carbonyl (C=O) groups excluding carboxylic acids is 2. The molecule has 2 aromatic rings. The van der Waals surface area contributed by atoms with Crippen LogP contribution in [0.1, 0.15) is 43.4 Å². The summed E-state index contributed by atoms with van der Waals surface area (Å²) in [6, 6.07) is 15.2. The Morgan fingerprint density at radius 2 is 1.89 bits per heavy atom. The molecule has 0 bridgehead atoms. The van der Waals surface area contributed by atoms with Crippen molar-refractivity contribution in [2.75, 3.05) is 6.54 Å². The van der Waals surface area contributed by atoms with Crippen LogP contribution in [0.2, 0.25) is 0 Å². The topological polar surface area (TPSA) is 49.4 Å². The fourth-order valence-corrected chi connectivity index (χ4v) is 3.47. The van der Waals surface area contributed by atoms with Gasteiger partial charge in [0.15, 0.2) is 0 Å². The van der Waals surface area contributed by atoms with Crippen LogP contribution in [0, 0.1) is 6.92 Å². The van der Waals surface area contributed by atoms with E-state index in [1.165, 1.54) is 0 Å². The molecule has 2 aromatic carbocycles. The predicted molar refractivity (Wildman–Crippen MR) is 117 cm³/mol. The van der Waals surface area contributed by atoms with Crippen LogP contribution in [0.5, 0.6) is 0 Å². The fraction of sp³-hybridized carbons (Fsp3) is 0.391. The first-order valence-corrected chi connectivity index (χ1v) is 10.6. The molecule has 0 saturated heterocycles.